The first-order valence-electron chi connectivity index (χ1n) is 6.82. The Morgan fingerprint density at radius 2 is 1.86 bits per heavy atom. The quantitative estimate of drug-likeness (QED) is 0.851. The number of nitrogens with zero attached hydrogens (tertiary/aromatic N) is 2. The van der Waals surface area contributed by atoms with Crippen LogP contribution in [0.2, 0.25) is 0 Å². The van der Waals surface area contributed by atoms with E-state index in [1.54, 1.807) is 18.2 Å². The maximum atomic E-state index is 12.3. The molecule has 1 aromatic heterocycles. The summed E-state index contributed by atoms with van der Waals surface area (Å²) in [6, 6.07) is 10.4. The van der Waals surface area contributed by atoms with Crippen molar-refractivity contribution in [1.29, 1.82) is 0 Å². The van der Waals surface area contributed by atoms with E-state index in [2.05, 4.69) is 10.2 Å². The van der Waals surface area contributed by atoms with Gasteiger partial charge in [-0.25, -0.2) is 5.10 Å². The average Bonchev–Trinajstić information content (AvgIpc) is 2.47. The van der Waals surface area contributed by atoms with Gasteiger partial charge in [0.1, 0.15) is 0 Å². The van der Waals surface area contributed by atoms with Gasteiger partial charge in [-0.05, 0) is 20.2 Å². The van der Waals surface area contributed by atoms with Gasteiger partial charge in [0, 0.05) is 29.7 Å². The molecule has 0 saturated carbocycles. The van der Waals surface area contributed by atoms with Gasteiger partial charge in [-0.1, -0.05) is 31.2 Å². The van der Waals surface area contributed by atoms with E-state index in [0.717, 1.165) is 12.1 Å². The number of hydrogen-bond donors (Lipinski definition) is 1. The van der Waals surface area contributed by atoms with Crippen LogP contribution in [0.25, 0.3) is 11.3 Å². The van der Waals surface area contributed by atoms with Crippen LogP contribution in [-0.2, 0) is 0 Å². The number of rotatable bonds is 5. The molecule has 1 aromatic carbocycles. The second-order valence-corrected chi connectivity index (χ2v) is 5.41. The van der Waals surface area contributed by atoms with Crippen molar-refractivity contribution < 1.29 is 4.79 Å². The molecule has 0 spiro atoms. The smallest absolute Gasteiger partial charge is 0.264 e. The zero-order valence-corrected chi connectivity index (χ0v) is 12.5. The van der Waals surface area contributed by atoms with Gasteiger partial charge in [0.2, 0.25) is 0 Å². The fourth-order valence-corrected chi connectivity index (χ4v) is 2.23. The molecule has 0 bridgehead atoms. The van der Waals surface area contributed by atoms with Crippen molar-refractivity contribution in [2.24, 2.45) is 5.92 Å². The zero-order valence-electron chi connectivity index (χ0n) is 12.5. The van der Waals surface area contributed by atoms with E-state index < -0.39 is 0 Å². The molecule has 0 aliphatic heterocycles. The van der Waals surface area contributed by atoms with E-state index in [1.807, 2.05) is 38.1 Å². The van der Waals surface area contributed by atoms with E-state index in [0.29, 0.717) is 11.3 Å². The third-order valence-corrected chi connectivity index (χ3v) is 3.23. The summed E-state index contributed by atoms with van der Waals surface area (Å²) in [5.41, 5.74) is 2.00. The third kappa shape index (κ3) is 3.86. The highest BCUT2D eigenvalue weighted by molar-refractivity contribution is 5.98. The first-order chi connectivity index (χ1) is 9.97. The summed E-state index contributed by atoms with van der Waals surface area (Å²) in [5.74, 6) is 0.0849. The Bertz CT molecular complexity index is 654. The van der Waals surface area contributed by atoms with Crippen molar-refractivity contribution in [2.45, 2.75) is 6.92 Å². The van der Waals surface area contributed by atoms with Gasteiger partial charge >= 0.3 is 0 Å². The normalized spacial score (nSPS) is 12.4. The topological polar surface area (TPSA) is 66.1 Å². The average molecular weight is 285 g/mol. The maximum absolute atomic E-state index is 12.3. The van der Waals surface area contributed by atoms with Crippen molar-refractivity contribution in [2.75, 3.05) is 20.6 Å². The van der Waals surface area contributed by atoms with Crippen LogP contribution >= 0.6 is 0 Å². The minimum Gasteiger partial charge on any atom is -0.309 e. The lowest BCUT2D eigenvalue weighted by atomic mass is 9.97. The largest absolute Gasteiger partial charge is 0.309 e. The summed E-state index contributed by atoms with van der Waals surface area (Å²) >= 11 is 0. The highest BCUT2D eigenvalue weighted by atomic mass is 16.1. The molecule has 5 nitrogen and oxygen atoms in total. The number of carbonyl (C=O) groups excluding carboxylic acids is 1. The number of ketones is 1. The molecule has 0 amide bonds. The highest BCUT2D eigenvalue weighted by Gasteiger charge is 2.15. The minimum atomic E-state index is -0.233. The number of aromatic nitrogens is 2. The molecule has 0 saturated heterocycles. The number of aromatic amines is 1. The number of carbonyl (C=O) groups is 1. The molecule has 1 N–H and O–H groups in total. The Balaban J connectivity index is 2.17. The molecule has 21 heavy (non-hydrogen) atoms. The van der Waals surface area contributed by atoms with Gasteiger partial charge in [-0.15, -0.1) is 0 Å². The van der Waals surface area contributed by atoms with Crippen LogP contribution in [-0.4, -0.2) is 41.5 Å². The molecule has 1 atom stereocenters. The fourth-order valence-electron chi connectivity index (χ4n) is 2.23. The molecule has 110 valence electrons. The maximum Gasteiger partial charge on any atom is 0.264 e. The van der Waals surface area contributed by atoms with Crippen molar-refractivity contribution >= 4 is 5.78 Å². The van der Waals surface area contributed by atoms with Crippen LogP contribution in [0, 0.1) is 5.92 Å². The lowest BCUT2D eigenvalue weighted by molar-refractivity contribution is 0.0910. The van der Waals surface area contributed by atoms with Crippen LogP contribution in [0.4, 0.5) is 0 Å². The zero-order chi connectivity index (χ0) is 15.4. The highest BCUT2D eigenvalue weighted by Crippen LogP contribution is 2.17. The van der Waals surface area contributed by atoms with Crippen LogP contribution in [0.5, 0.6) is 0 Å². The summed E-state index contributed by atoms with van der Waals surface area (Å²) in [7, 11) is 3.91. The number of hydrogen-bond acceptors (Lipinski definition) is 4. The van der Waals surface area contributed by atoms with Gasteiger partial charge in [0.15, 0.2) is 5.78 Å². The monoisotopic (exact) mass is 285 g/mol. The van der Waals surface area contributed by atoms with Gasteiger partial charge in [0.25, 0.3) is 5.56 Å². The Morgan fingerprint density at radius 3 is 2.38 bits per heavy atom. The van der Waals surface area contributed by atoms with E-state index >= 15 is 0 Å². The molecule has 2 aromatic rings. The molecule has 2 rings (SSSR count). The SMILES string of the molecule is CC(CN(C)C)C(=O)c1ccc(-c2ccc(=O)[nH]n2)cc1. The van der Waals surface area contributed by atoms with E-state index in [9.17, 15) is 9.59 Å². The number of nitrogens with one attached hydrogen (secondary N) is 1. The predicted octanol–water partition coefficient (Wildman–Crippen LogP) is 1.82. The molecule has 0 radical (unpaired) electrons. The molecular formula is C16H19N3O2. The third-order valence-electron chi connectivity index (χ3n) is 3.23. The van der Waals surface area contributed by atoms with E-state index in [-0.39, 0.29) is 17.3 Å². The van der Waals surface area contributed by atoms with Crippen molar-refractivity contribution in [3.8, 4) is 11.3 Å². The predicted molar refractivity (Wildman–Crippen MR) is 82.3 cm³/mol. The van der Waals surface area contributed by atoms with Crippen molar-refractivity contribution in [3.05, 3.63) is 52.3 Å². The summed E-state index contributed by atoms with van der Waals surface area (Å²) in [6.45, 7) is 2.65. The Hall–Kier alpha value is -2.27. The van der Waals surface area contributed by atoms with E-state index in [1.165, 1.54) is 6.07 Å². The minimum absolute atomic E-state index is 0.0444. The van der Waals surface area contributed by atoms with Gasteiger partial charge < -0.3 is 4.90 Å². The summed E-state index contributed by atoms with van der Waals surface area (Å²) in [4.78, 5) is 25.3. The van der Waals surface area contributed by atoms with E-state index in [4.69, 9.17) is 0 Å². The number of benzene rings is 1. The Labute approximate surface area is 123 Å². The molecule has 5 heteroatoms. The number of H-pyrrole nitrogens is 1. The fraction of sp³-hybridized carbons (Fsp3) is 0.312. The Morgan fingerprint density at radius 1 is 1.19 bits per heavy atom. The molecule has 0 fully saturated rings. The van der Waals surface area contributed by atoms with Crippen molar-refractivity contribution in [3.63, 3.8) is 0 Å². The summed E-state index contributed by atoms with van der Waals surface area (Å²) < 4.78 is 0. The summed E-state index contributed by atoms with van der Waals surface area (Å²) in [6.07, 6.45) is 0. The van der Waals surface area contributed by atoms with Crippen LogP contribution in [0.15, 0.2) is 41.2 Å². The van der Waals surface area contributed by atoms with Gasteiger partial charge in [-0.3, -0.25) is 9.59 Å². The first-order valence-corrected chi connectivity index (χ1v) is 6.82. The molecule has 0 aliphatic rings. The second-order valence-electron chi connectivity index (χ2n) is 5.41. The first kappa shape index (κ1) is 15.1. The molecule has 1 heterocycles. The lowest BCUT2D eigenvalue weighted by Crippen LogP contribution is -2.25. The second kappa shape index (κ2) is 6.45. The standard InChI is InChI=1S/C16H19N3O2/c1-11(10-19(2)3)16(21)13-6-4-12(5-7-13)14-8-9-15(20)18-17-14/h4-9,11H,10H2,1-3H3,(H,18,20). The number of Topliss-reactive ketones (excluding diaryl/α,β-unsaturated/α-hetero) is 1. The van der Waals surface area contributed by atoms with Crippen molar-refractivity contribution in [1.82, 2.24) is 15.1 Å². The molecular weight excluding hydrogens is 266 g/mol. The van der Waals surface area contributed by atoms with Crippen LogP contribution < -0.4 is 5.56 Å². The Kier molecular flexibility index (Phi) is 4.65. The summed E-state index contributed by atoms with van der Waals surface area (Å²) in [5, 5.41) is 6.37. The molecule has 1 unspecified atom stereocenters. The lowest BCUT2D eigenvalue weighted by Gasteiger charge is -2.15. The van der Waals surface area contributed by atoms with Gasteiger partial charge in [-0.2, -0.15) is 5.10 Å². The van der Waals surface area contributed by atoms with Gasteiger partial charge in [0.05, 0.1) is 5.69 Å². The van der Waals surface area contributed by atoms with Crippen LogP contribution in [0.3, 0.4) is 0 Å². The van der Waals surface area contributed by atoms with Crippen LogP contribution in [0.1, 0.15) is 17.3 Å². The molecule has 0 aliphatic carbocycles.